The predicted octanol–water partition coefficient (Wildman–Crippen LogP) is 3.51. The van der Waals surface area contributed by atoms with Crippen LogP contribution >= 0.6 is 11.3 Å². The first-order valence-corrected chi connectivity index (χ1v) is 8.64. The number of anilines is 1. The fourth-order valence-electron chi connectivity index (χ4n) is 3.05. The number of carbonyl (C=O) groups is 2. The Hall–Kier alpha value is -1.98. The number of nitrogens with one attached hydrogen (secondary N) is 1. The number of hydrogen-bond acceptors (Lipinski definition) is 4. The van der Waals surface area contributed by atoms with Gasteiger partial charge in [-0.2, -0.15) is 0 Å². The van der Waals surface area contributed by atoms with Gasteiger partial charge in [0.25, 0.3) is 0 Å². The summed E-state index contributed by atoms with van der Waals surface area (Å²) in [6.45, 7) is 4.87. The van der Waals surface area contributed by atoms with Crippen molar-refractivity contribution < 1.29 is 9.59 Å². The minimum atomic E-state index is -0.0794. The Bertz CT molecular complexity index is 738. The highest BCUT2D eigenvalue weighted by Crippen LogP contribution is 2.32. The first-order valence-electron chi connectivity index (χ1n) is 7.76. The first kappa shape index (κ1) is 15.9. The van der Waals surface area contributed by atoms with Crippen molar-refractivity contribution >= 4 is 28.7 Å². The molecule has 0 bridgehead atoms. The molecule has 1 amide bonds. The topological polar surface area (TPSA) is 49.4 Å². The summed E-state index contributed by atoms with van der Waals surface area (Å²) in [7, 11) is 0. The van der Waals surface area contributed by atoms with E-state index < -0.39 is 0 Å². The van der Waals surface area contributed by atoms with Gasteiger partial charge in [0, 0.05) is 23.0 Å². The van der Waals surface area contributed by atoms with Crippen LogP contribution < -0.4 is 5.32 Å². The Morgan fingerprint density at radius 1 is 1.30 bits per heavy atom. The summed E-state index contributed by atoms with van der Waals surface area (Å²) >= 11 is 1.79. The van der Waals surface area contributed by atoms with Crippen molar-refractivity contribution in [2.24, 2.45) is 0 Å². The van der Waals surface area contributed by atoms with E-state index in [4.69, 9.17) is 0 Å². The van der Waals surface area contributed by atoms with Crippen molar-refractivity contribution in [2.75, 3.05) is 18.4 Å². The molecule has 0 saturated carbocycles. The molecule has 1 aliphatic rings. The molecular formula is C18H20N2O2S. The molecule has 1 aliphatic heterocycles. The number of ketones is 1. The maximum atomic E-state index is 12.4. The fraction of sp³-hybridized carbons (Fsp3) is 0.333. The van der Waals surface area contributed by atoms with E-state index in [2.05, 4.69) is 28.6 Å². The maximum Gasteiger partial charge on any atom is 0.238 e. The summed E-state index contributed by atoms with van der Waals surface area (Å²) in [4.78, 5) is 27.6. The summed E-state index contributed by atoms with van der Waals surface area (Å²) in [6.07, 6.45) is 0.995. The van der Waals surface area contributed by atoms with E-state index in [0.717, 1.165) is 13.0 Å². The lowest BCUT2D eigenvalue weighted by molar-refractivity contribution is -0.117. The minimum Gasteiger partial charge on any atom is -0.324 e. The van der Waals surface area contributed by atoms with Gasteiger partial charge in [0.05, 0.1) is 12.2 Å². The van der Waals surface area contributed by atoms with Crippen LogP contribution in [0.2, 0.25) is 0 Å². The van der Waals surface area contributed by atoms with Gasteiger partial charge in [0.1, 0.15) is 0 Å². The van der Waals surface area contributed by atoms with Crippen molar-refractivity contribution in [1.29, 1.82) is 0 Å². The number of rotatable bonds is 4. The minimum absolute atomic E-state index is 0.0462. The monoisotopic (exact) mass is 328 g/mol. The van der Waals surface area contributed by atoms with Gasteiger partial charge in [-0.05, 0) is 49.4 Å². The van der Waals surface area contributed by atoms with Crippen LogP contribution in [0.1, 0.15) is 40.7 Å². The predicted molar refractivity (Wildman–Crippen MR) is 93.1 cm³/mol. The van der Waals surface area contributed by atoms with Gasteiger partial charge in [-0.1, -0.05) is 12.1 Å². The molecule has 5 heteroatoms. The van der Waals surface area contributed by atoms with Crippen molar-refractivity contribution in [1.82, 2.24) is 4.90 Å². The zero-order valence-corrected chi connectivity index (χ0v) is 14.2. The van der Waals surface area contributed by atoms with Gasteiger partial charge in [0.2, 0.25) is 5.91 Å². The molecule has 120 valence electrons. The molecule has 1 N–H and O–H groups in total. The number of Topliss-reactive ketones (excluding diaryl/α,β-unsaturated/α-hetero) is 1. The molecule has 0 aliphatic carbocycles. The van der Waals surface area contributed by atoms with E-state index in [1.54, 1.807) is 29.5 Å². The molecule has 0 unspecified atom stereocenters. The zero-order valence-electron chi connectivity index (χ0n) is 13.3. The fourth-order valence-corrected chi connectivity index (χ4v) is 4.01. The molecule has 1 aromatic carbocycles. The number of fused-ring (bicyclic) bond motifs is 1. The van der Waals surface area contributed by atoms with Crippen molar-refractivity contribution in [3.05, 3.63) is 51.7 Å². The van der Waals surface area contributed by atoms with Gasteiger partial charge in [-0.25, -0.2) is 0 Å². The van der Waals surface area contributed by atoms with E-state index in [9.17, 15) is 9.59 Å². The Balaban J connectivity index is 1.68. The lowest BCUT2D eigenvalue weighted by Crippen LogP contribution is -2.39. The van der Waals surface area contributed by atoms with Gasteiger partial charge >= 0.3 is 0 Å². The molecule has 1 aromatic heterocycles. The molecule has 23 heavy (non-hydrogen) atoms. The van der Waals surface area contributed by atoms with Crippen molar-refractivity contribution in [3.8, 4) is 0 Å². The largest absolute Gasteiger partial charge is 0.324 e. The smallest absolute Gasteiger partial charge is 0.238 e. The van der Waals surface area contributed by atoms with Crippen LogP contribution in [0.4, 0.5) is 5.69 Å². The van der Waals surface area contributed by atoms with E-state index in [1.807, 2.05) is 6.07 Å². The third-order valence-corrected chi connectivity index (χ3v) is 5.33. The highest BCUT2D eigenvalue weighted by molar-refractivity contribution is 7.10. The number of benzene rings is 1. The SMILES string of the molecule is CC(=O)c1ccccc1NC(=O)CN1CCc2sccc2[C@H]1C. The summed E-state index contributed by atoms with van der Waals surface area (Å²) in [5.74, 6) is -0.126. The quantitative estimate of drug-likeness (QED) is 0.874. The lowest BCUT2D eigenvalue weighted by atomic mass is 10.0. The average molecular weight is 328 g/mol. The van der Waals surface area contributed by atoms with Crippen LogP contribution in [0, 0.1) is 0 Å². The van der Waals surface area contributed by atoms with Crippen LogP contribution in [0.15, 0.2) is 35.7 Å². The van der Waals surface area contributed by atoms with Gasteiger partial charge in [-0.3, -0.25) is 14.5 Å². The molecular weight excluding hydrogens is 308 g/mol. The molecule has 0 spiro atoms. The summed E-state index contributed by atoms with van der Waals surface area (Å²) < 4.78 is 0. The number of nitrogens with zero attached hydrogens (tertiary/aromatic N) is 1. The third-order valence-electron chi connectivity index (χ3n) is 4.33. The molecule has 1 atom stereocenters. The normalized spacial score (nSPS) is 17.6. The second-order valence-electron chi connectivity index (χ2n) is 5.85. The molecule has 4 nitrogen and oxygen atoms in total. The van der Waals surface area contributed by atoms with E-state index in [0.29, 0.717) is 17.8 Å². The number of amides is 1. The van der Waals surface area contributed by atoms with Crippen molar-refractivity contribution in [2.45, 2.75) is 26.3 Å². The second kappa shape index (κ2) is 6.64. The molecule has 0 radical (unpaired) electrons. The van der Waals surface area contributed by atoms with Gasteiger partial charge in [-0.15, -0.1) is 11.3 Å². The summed E-state index contributed by atoms with van der Waals surface area (Å²) in [5, 5.41) is 5.00. The molecule has 0 fully saturated rings. The number of para-hydroxylation sites is 1. The third kappa shape index (κ3) is 3.35. The van der Waals surface area contributed by atoms with E-state index in [1.165, 1.54) is 17.4 Å². The van der Waals surface area contributed by atoms with Gasteiger partial charge in [0.15, 0.2) is 5.78 Å². The molecule has 3 rings (SSSR count). The molecule has 2 aromatic rings. The Kier molecular flexibility index (Phi) is 4.59. The van der Waals surface area contributed by atoms with Crippen LogP contribution in [-0.2, 0) is 11.2 Å². The Morgan fingerprint density at radius 3 is 2.87 bits per heavy atom. The highest BCUT2D eigenvalue weighted by Gasteiger charge is 2.26. The van der Waals surface area contributed by atoms with Crippen LogP contribution in [0.25, 0.3) is 0 Å². The zero-order chi connectivity index (χ0) is 16.4. The second-order valence-corrected chi connectivity index (χ2v) is 6.85. The Morgan fingerprint density at radius 2 is 2.09 bits per heavy atom. The first-order chi connectivity index (χ1) is 11.1. The van der Waals surface area contributed by atoms with Crippen molar-refractivity contribution in [3.63, 3.8) is 0 Å². The summed E-state index contributed by atoms with van der Waals surface area (Å²) in [5.41, 5.74) is 2.47. The highest BCUT2D eigenvalue weighted by atomic mass is 32.1. The van der Waals surface area contributed by atoms with E-state index >= 15 is 0 Å². The number of hydrogen-bond donors (Lipinski definition) is 1. The molecule has 0 saturated heterocycles. The van der Waals surface area contributed by atoms with E-state index in [-0.39, 0.29) is 17.7 Å². The average Bonchev–Trinajstić information content (AvgIpc) is 3.00. The lowest BCUT2D eigenvalue weighted by Gasteiger charge is -2.32. The number of thiophene rings is 1. The van der Waals surface area contributed by atoms with Crippen LogP contribution in [0.3, 0.4) is 0 Å². The van der Waals surface area contributed by atoms with Gasteiger partial charge < -0.3 is 5.32 Å². The number of carbonyl (C=O) groups excluding carboxylic acids is 2. The molecule has 2 heterocycles. The Labute approximate surface area is 140 Å². The summed E-state index contributed by atoms with van der Waals surface area (Å²) in [6, 6.07) is 9.53. The van der Waals surface area contributed by atoms with Crippen LogP contribution in [0.5, 0.6) is 0 Å². The van der Waals surface area contributed by atoms with Crippen LogP contribution in [-0.4, -0.2) is 29.7 Å². The maximum absolute atomic E-state index is 12.4. The standard InChI is InChI=1S/C18H20N2O2S/c1-12-14-8-10-23-17(14)7-9-20(12)11-18(22)19-16-6-4-3-5-15(16)13(2)21/h3-6,8,10,12H,7,9,11H2,1-2H3,(H,19,22)/t12-/m1/s1.